The fourth-order valence-electron chi connectivity index (χ4n) is 2.02. The molecule has 0 fully saturated rings. The summed E-state index contributed by atoms with van der Waals surface area (Å²) < 4.78 is 64.9. The Balaban J connectivity index is 1.92. The first-order valence-corrected chi connectivity index (χ1v) is 10.2. The highest BCUT2D eigenvalue weighted by atomic mass is 32.2. The lowest BCUT2D eigenvalue weighted by Gasteiger charge is -2.10. The molecule has 0 saturated carbocycles. The van der Waals surface area contributed by atoms with E-state index in [-0.39, 0.29) is 24.5 Å². The highest BCUT2D eigenvalue weighted by Crippen LogP contribution is 2.23. The van der Waals surface area contributed by atoms with E-state index >= 15 is 0 Å². The summed E-state index contributed by atoms with van der Waals surface area (Å²) in [4.78, 5) is 13.2. The van der Waals surface area contributed by atoms with Crippen LogP contribution in [0.4, 0.5) is 13.2 Å². The van der Waals surface area contributed by atoms with Gasteiger partial charge >= 0.3 is 6.36 Å². The van der Waals surface area contributed by atoms with Gasteiger partial charge in [0.1, 0.15) is 5.75 Å². The quantitative estimate of drug-likeness (QED) is 0.384. The van der Waals surface area contributed by atoms with Crippen molar-refractivity contribution in [1.29, 1.82) is 5.53 Å². The summed E-state index contributed by atoms with van der Waals surface area (Å²) in [5, 5.41) is 12.9. The molecule has 0 saturated heterocycles. The molecule has 0 aliphatic heterocycles. The molecular weight excluding hydrogens is 445 g/mol. The average molecular weight is 462 g/mol. The van der Waals surface area contributed by atoms with Gasteiger partial charge in [-0.3, -0.25) is 10.2 Å². The van der Waals surface area contributed by atoms with Crippen LogP contribution in [0.3, 0.4) is 0 Å². The lowest BCUT2D eigenvalue weighted by molar-refractivity contribution is -0.274. The monoisotopic (exact) mass is 462 g/mol. The van der Waals surface area contributed by atoms with Crippen molar-refractivity contribution in [2.24, 2.45) is 5.11 Å². The second-order valence-corrected chi connectivity index (χ2v) is 7.73. The van der Waals surface area contributed by atoms with E-state index in [1.54, 1.807) is 0 Å². The topological polar surface area (TPSA) is 163 Å². The minimum absolute atomic E-state index is 0.0212. The van der Waals surface area contributed by atoms with Crippen molar-refractivity contribution in [3.63, 3.8) is 0 Å². The molecule has 12 nitrogen and oxygen atoms in total. The highest BCUT2D eigenvalue weighted by Gasteiger charge is 2.31. The van der Waals surface area contributed by atoms with Crippen LogP contribution in [0.1, 0.15) is 16.1 Å². The van der Waals surface area contributed by atoms with Crippen molar-refractivity contribution in [1.82, 2.24) is 25.1 Å². The third-order valence-electron chi connectivity index (χ3n) is 3.33. The summed E-state index contributed by atoms with van der Waals surface area (Å²) >= 11 is 0. The van der Waals surface area contributed by atoms with Gasteiger partial charge in [-0.05, 0) is 22.9 Å². The van der Waals surface area contributed by atoms with E-state index in [9.17, 15) is 26.4 Å². The Hall–Kier alpha value is -3.53. The predicted octanol–water partition coefficient (Wildman–Crippen LogP) is 1.07. The molecule has 1 aromatic heterocycles. The maximum atomic E-state index is 12.3. The first-order valence-electron chi connectivity index (χ1n) is 8.28. The van der Waals surface area contributed by atoms with Crippen LogP contribution in [0.2, 0.25) is 0 Å². The molecule has 1 aromatic carbocycles. The number of aromatic nitrogens is 3. The summed E-state index contributed by atoms with van der Waals surface area (Å²) in [5.41, 5.74) is 9.82. The van der Waals surface area contributed by atoms with Crippen molar-refractivity contribution in [3.8, 4) is 5.75 Å². The summed E-state index contributed by atoms with van der Waals surface area (Å²) in [6.07, 6.45) is -1.51. The lowest BCUT2D eigenvalue weighted by atomic mass is 10.2. The van der Waals surface area contributed by atoms with Crippen molar-refractivity contribution in [3.05, 3.63) is 53.6 Å². The van der Waals surface area contributed by atoms with Crippen molar-refractivity contribution in [2.45, 2.75) is 12.9 Å². The first kappa shape index (κ1) is 23.7. The van der Waals surface area contributed by atoms with Crippen molar-refractivity contribution in [2.75, 3.05) is 18.2 Å². The van der Waals surface area contributed by atoms with Gasteiger partial charge < -0.3 is 10.1 Å². The molecule has 0 bridgehead atoms. The third-order valence-corrected chi connectivity index (χ3v) is 4.00. The summed E-state index contributed by atoms with van der Waals surface area (Å²) in [5.74, 6) is -1.06. The van der Waals surface area contributed by atoms with E-state index in [1.807, 2.05) is 0 Å². The number of carbonyl (C=O) groups excluding carboxylic acids is 1. The maximum absolute atomic E-state index is 12.3. The van der Waals surface area contributed by atoms with Gasteiger partial charge in [-0.15, -0.1) is 18.3 Å². The van der Waals surface area contributed by atoms with E-state index in [4.69, 9.17) is 5.53 Å². The molecule has 2 aromatic rings. The number of nitrogens with zero attached hydrogens (tertiary/aromatic N) is 4. The molecule has 16 heteroatoms. The molecule has 0 radical (unpaired) electrons. The smallest absolute Gasteiger partial charge is 0.406 e. The van der Waals surface area contributed by atoms with Crippen LogP contribution < -0.4 is 20.2 Å². The fourth-order valence-corrected chi connectivity index (χ4v) is 2.44. The number of carbonyl (C=O) groups is 1. The standard InChI is InChI=1S/C15H17F3N8O4S/c1-31(28,29)22-8-11(23-19)7-21-26-9-13(24-25-26)14(27)20-6-10-3-2-4-12(5-10)30-15(16,17)18/h2-5,7,9,19,21-22H,6,8H2,1H3,(H,20,27)/b11-7-,23-19?. The van der Waals surface area contributed by atoms with Crippen molar-refractivity contribution < 1.29 is 31.1 Å². The number of hydrogen-bond acceptors (Lipinski definition) is 9. The van der Waals surface area contributed by atoms with E-state index < -0.39 is 28.0 Å². The van der Waals surface area contributed by atoms with Crippen LogP contribution in [0.5, 0.6) is 5.75 Å². The van der Waals surface area contributed by atoms with Gasteiger partial charge in [0.15, 0.2) is 5.69 Å². The Morgan fingerprint density at radius 2 is 2.13 bits per heavy atom. The van der Waals surface area contributed by atoms with Crippen LogP contribution in [-0.4, -0.2) is 48.6 Å². The fraction of sp³-hybridized carbons (Fsp3) is 0.267. The number of amides is 1. The van der Waals surface area contributed by atoms with E-state index in [0.29, 0.717) is 5.56 Å². The van der Waals surface area contributed by atoms with Gasteiger partial charge in [0.05, 0.1) is 24.7 Å². The molecule has 2 rings (SSSR count). The highest BCUT2D eigenvalue weighted by molar-refractivity contribution is 7.88. The molecule has 1 heterocycles. The Morgan fingerprint density at radius 1 is 1.39 bits per heavy atom. The van der Waals surface area contributed by atoms with E-state index in [1.165, 1.54) is 24.5 Å². The Morgan fingerprint density at radius 3 is 2.77 bits per heavy atom. The SMILES string of the molecule is CS(=O)(=O)NC/C(=C/Nn1cc(C(=O)NCc2cccc(OC(F)(F)F)c2)nn1)N=N. The molecule has 0 spiro atoms. The zero-order valence-electron chi connectivity index (χ0n) is 15.8. The number of alkyl halides is 3. The molecular formula is C15H17F3N8O4S. The van der Waals surface area contributed by atoms with Gasteiger partial charge in [-0.1, -0.05) is 12.1 Å². The average Bonchev–Trinajstić information content (AvgIpc) is 3.13. The van der Waals surface area contributed by atoms with Crippen LogP contribution in [-0.2, 0) is 16.6 Å². The number of nitrogens with one attached hydrogen (secondary N) is 4. The van der Waals surface area contributed by atoms with Crippen molar-refractivity contribution >= 4 is 15.9 Å². The van der Waals surface area contributed by atoms with Gasteiger partial charge in [0.25, 0.3) is 5.91 Å². The summed E-state index contributed by atoms with van der Waals surface area (Å²) in [7, 11) is -3.47. The number of hydrogen-bond donors (Lipinski definition) is 4. The third kappa shape index (κ3) is 8.79. The normalized spacial score (nSPS) is 12.3. The number of benzene rings is 1. The molecule has 0 atom stereocenters. The van der Waals surface area contributed by atoms with Crippen LogP contribution in [0.25, 0.3) is 0 Å². The minimum Gasteiger partial charge on any atom is -0.406 e. The minimum atomic E-state index is -4.82. The van der Waals surface area contributed by atoms with Gasteiger partial charge in [-0.25, -0.2) is 18.7 Å². The largest absolute Gasteiger partial charge is 0.573 e. The Kier molecular flexibility index (Phi) is 7.65. The second-order valence-electron chi connectivity index (χ2n) is 5.90. The molecule has 0 aliphatic rings. The maximum Gasteiger partial charge on any atom is 0.573 e. The van der Waals surface area contributed by atoms with Gasteiger partial charge in [-0.2, -0.15) is 9.91 Å². The predicted molar refractivity (Wildman–Crippen MR) is 99.8 cm³/mol. The molecule has 4 N–H and O–H groups in total. The Bertz CT molecular complexity index is 1070. The summed E-state index contributed by atoms with van der Waals surface area (Å²) in [6.45, 7) is -0.332. The van der Waals surface area contributed by atoms with Gasteiger partial charge in [0.2, 0.25) is 10.0 Å². The second kappa shape index (κ2) is 9.98. The molecule has 168 valence electrons. The first-order chi connectivity index (χ1) is 14.4. The van der Waals surface area contributed by atoms with Gasteiger partial charge in [0, 0.05) is 12.7 Å². The lowest BCUT2D eigenvalue weighted by Crippen LogP contribution is -2.24. The number of halogens is 3. The summed E-state index contributed by atoms with van der Waals surface area (Å²) in [6, 6.07) is 5.12. The molecule has 31 heavy (non-hydrogen) atoms. The van der Waals surface area contributed by atoms with Crippen LogP contribution in [0, 0.1) is 5.53 Å². The van der Waals surface area contributed by atoms with Crippen LogP contribution in [0.15, 0.2) is 47.5 Å². The zero-order valence-corrected chi connectivity index (χ0v) is 16.7. The number of rotatable bonds is 10. The zero-order chi connectivity index (χ0) is 23.1. The Labute approximate surface area is 174 Å². The van der Waals surface area contributed by atoms with E-state index in [2.05, 4.69) is 35.6 Å². The molecule has 0 unspecified atom stereocenters. The molecule has 1 amide bonds. The number of sulfonamides is 1. The van der Waals surface area contributed by atoms with E-state index in [0.717, 1.165) is 23.2 Å². The van der Waals surface area contributed by atoms with Crippen LogP contribution >= 0.6 is 0 Å². The number of ether oxygens (including phenoxy) is 1. The molecule has 0 aliphatic carbocycles.